The Hall–Kier alpha value is -0.770. The molecule has 3 nitrogen and oxygen atoms in total. The predicted octanol–water partition coefficient (Wildman–Crippen LogP) is 2.27. The first-order chi connectivity index (χ1) is 8.22. The van der Waals surface area contributed by atoms with Gasteiger partial charge in [0.1, 0.15) is 0 Å². The first-order valence-electron chi connectivity index (χ1n) is 6.01. The summed E-state index contributed by atoms with van der Waals surface area (Å²) in [5.41, 5.74) is 2.39. The molecule has 1 aromatic rings. The summed E-state index contributed by atoms with van der Waals surface area (Å²) in [6.45, 7) is 4.94. The molecular weight excluding hydrogens is 236 g/mol. The van der Waals surface area contributed by atoms with Crippen molar-refractivity contribution < 1.29 is 5.11 Å². The molecule has 0 radical (unpaired) electrons. The fraction of sp³-hybridized carbons (Fsp3) is 0.538. The fourth-order valence-electron chi connectivity index (χ4n) is 1.91. The van der Waals surface area contributed by atoms with Crippen LogP contribution in [-0.4, -0.2) is 31.9 Å². The third-order valence-corrected chi connectivity index (χ3v) is 2.95. The molecule has 1 aromatic carbocycles. The Morgan fingerprint density at radius 3 is 2.76 bits per heavy atom. The second-order valence-electron chi connectivity index (χ2n) is 3.96. The zero-order valence-corrected chi connectivity index (χ0v) is 11.3. The molecule has 0 bridgehead atoms. The van der Waals surface area contributed by atoms with Gasteiger partial charge in [-0.1, -0.05) is 11.6 Å². The predicted molar refractivity (Wildman–Crippen MR) is 73.8 cm³/mol. The van der Waals surface area contributed by atoms with Crippen LogP contribution in [0.15, 0.2) is 18.2 Å². The Bertz CT molecular complexity index is 344. The van der Waals surface area contributed by atoms with Crippen molar-refractivity contribution in [1.82, 2.24) is 5.32 Å². The number of nitrogens with one attached hydrogen (secondary N) is 1. The SMILES string of the molecule is CCN(CCCO)c1ccc(Cl)cc1CNC. The molecule has 96 valence electrons. The molecule has 0 unspecified atom stereocenters. The lowest BCUT2D eigenvalue weighted by atomic mass is 10.1. The van der Waals surface area contributed by atoms with Gasteiger partial charge in [-0.3, -0.25) is 0 Å². The van der Waals surface area contributed by atoms with Gasteiger partial charge < -0.3 is 15.3 Å². The topological polar surface area (TPSA) is 35.5 Å². The van der Waals surface area contributed by atoms with Crippen LogP contribution >= 0.6 is 11.6 Å². The van der Waals surface area contributed by atoms with Crippen LogP contribution in [0, 0.1) is 0 Å². The number of halogens is 1. The lowest BCUT2D eigenvalue weighted by molar-refractivity contribution is 0.289. The van der Waals surface area contributed by atoms with Crippen molar-refractivity contribution in [3.05, 3.63) is 28.8 Å². The summed E-state index contributed by atoms with van der Waals surface area (Å²) in [4.78, 5) is 2.26. The zero-order chi connectivity index (χ0) is 12.7. The Labute approximate surface area is 108 Å². The highest BCUT2D eigenvalue weighted by atomic mass is 35.5. The van der Waals surface area contributed by atoms with Crippen molar-refractivity contribution in [3.8, 4) is 0 Å². The van der Waals surface area contributed by atoms with Crippen molar-refractivity contribution in [2.75, 3.05) is 31.6 Å². The average Bonchev–Trinajstić information content (AvgIpc) is 2.32. The molecule has 0 saturated carbocycles. The van der Waals surface area contributed by atoms with Gasteiger partial charge in [0, 0.05) is 37.0 Å². The quantitative estimate of drug-likeness (QED) is 0.786. The van der Waals surface area contributed by atoms with E-state index in [0.717, 1.165) is 31.1 Å². The van der Waals surface area contributed by atoms with Gasteiger partial charge in [-0.05, 0) is 44.2 Å². The van der Waals surface area contributed by atoms with E-state index < -0.39 is 0 Å². The van der Waals surface area contributed by atoms with Crippen LogP contribution in [0.4, 0.5) is 5.69 Å². The summed E-state index contributed by atoms with van der Waals surface area (Å²) in [5, 5.41) is 12.8. The van der Waals surface area contributed by atoms with Gasteiger partial charge in [0.05, 0.1) is 0 Å². The number of rotatable bonds is 7. The zero-order valence-electron chi connectivity index (χ0n) is 10.5. The largest absolute Gasteiger partial charge is 0.396 e. The standard InChI is InChI=1S/C13H21ClN2O/c1-3-16(7-4-8-17)13-6-5-12(14)9-11(13)10-15-2/h5-6,9,15,17H,3-4,7-8,10H2,1-2H3. The number of nitrogens with zero attached hydrogens (tertiary/aromatic N) is 1. The highest BCUT2D eigenvalue weighted by Gasteiger charge is 2.09. The summed E-state index contributed by atoms with van der Waals surface area (Å²) >= 11 is 6.02. The molecule has 0 heterocycles. The van der Waals surface area contributed by atoms with Gasteiger partial charge in [-0.15, -0.1) is 0 Å². The molecule has 0 aromatic heterocycles. The highest BCUT2D eigenvalue weighted by molar-refractivity contribution is 6.30. The minimum atomic E-state index is 0.228. The van der Waals surface area contributed by atoms with Crippen molar-refractivity contribution in [2.24, 2.45) is 0 Å². The molecule has 4 heteroatoms. The van der Waals surface area contributed by atoms with Gasteiger partial charge in [0.25, 0.3) is 0 Å². The third-order valence-electron chi connectivity index (χ3n) is 2.72. The van der Waals surface area contributed by atoms with E-state index in [2.05, 4.69) is 23.2 Å². The summed E-state index contributed by atoms with van der Waals surface area (Å²) in [7, 11) is 1.93. The van der Waals surface area contributed by atoms with Gasteiger partial charge in [-0.25, -0.2) is 0 Å². The summed E-state index contributed by atoms with van der Waals surface area (Å²) in [6.07, 6.45) is 0.787. The van der Waals surface area contributed by atoms with E-state index in [0.29, 0.717) is 0 Å². The summed E-state index contributed by atoms with van der Waals surface area (Å²) in [6, 6.07) is 5.96. The van der Waals surface area contributed by atoms with E-state index in [-0.39, 0.29) is 6.61 Å². The summed E-state index contributed by atoms with van der Waals surface area (Å²) in [5.74, 6) is 0. The number of hydrogen-bond donors (Lipinski definition) is 2. The maximum Gasteiger partial charge on any atom is 0.0447 e. The smallest absolute Gasteiger partial charge is 0.0447 e. The van der Waals surface area contributed by atoms with Gasteiger partial charge >= 0.3 is 0 Å². The van der Waals surface area contributed by atoms with Crippen molar-refractivity contribution >= 4 is 17.3 Å². The lowest BCUT2D eigenvalue weighted by Crippen LogP contribution is -2.26. The number of aliphatic hydroxyl groups is 1. The van der Waals surface area contributed by atoms with Gasteiger partial charge in [-0.2, -0.15) is 0 Å². The maximum absolute atomic E-state index is 8.91. The second-order valence-corrected chi connectivity index (χ2v) is 4.40. The Balaban J connectivity index is 2.91. The number of anilines is 1. The minimum absolute atomic E-state index is 0.228. The molecular formula is C13H21ClN2O. The molecule has 0 atom stereocenters. The molecule has 0 aliphatic rings. The first kappa shape index (κ1) is 14.3. The monoisotopic (exact) mass is 256 g/mol. The molecule has 0 saturated heterocycles. The Morgan fingerprint density at radius 1 is 1.41 bits per heavy atom. The van der Waals surface area contributed by atoms with E-state index in [1.807, 2.05) is 19.2 Å². The minimum Gasteiger partial charge on any atom is -0.396 e. The van der Waals surface area contributed by atoms with E-state index >= 15 is 0 Å². The Kier molecular flexibility index (Phi) is 6.34. The van der Waals surface area contributed by atoms with Crippen molar-refractivity contribution in [1.29, 1.82) is 0 Å². The average molecular weight is 257 g/mol. The molecule has 0 aliphatic heterocycles. The van der Waals surface area contributed by atoms with Crippen LogP contribution in [0.25, 0.3) is 0 Å². The normalized spacial score (nSPS) is 10.6. The molecule has 1 rings (SSSR count). The van der Waals surface area contributed by atoms with Crippen LogP contribution in [0.3, 0.4) is 0 Å². The molecule has 0 spiro atoms. The van der Waals surface area contributed by atoms with E-state index in [9.17, 15) is 0 Å². The van der Waals surface area contributed by atoms with E-state index in [1.165, 1.54) is 11.3 Å². The fourth-order valence-corrected chi connectivity index (χ4v) is 2.10. The first-order valence-corrected chi connectivity index (χ1v) is 6.39. The molecule has 0 fully saturated rings. The maximum atomic E-state index is 8.91. The van der Waals surface area contributed by atoms with Crippen LogP contribution < -0.4 is 10.2 Å². The van der Waals surface area contributed by atoms with E-state index in [4.69, 9.17) is 16.7 Å². The Morgan fingerprint density at radius 2 is 2.18 bits per heavy atom. The number of benzene rings is 1. The van der Waals surface area contributed by atoms with Crippen molar-refractivity contribution in [3.63, 3.8) is 0 Å². The molecule has 0 amide bonds. The summed E-state index contributed by atoms with van der Waals surface area (Å²) < 4.78 is 0. The van der Waals surface area contributed by atoms with Gasteiger partial charge in [0.15, 0.2) is 0 Å². The third kappa shape index (κ3) is 4.19. The van der Waals surface area contributed by atoms with Gasteiger partial charge in [0.2, 0.25) is 0 Å². The van der Waals surface area contributed by atoms with Crippen LogP contribution in [0.1, 0.15) is 18.9 Å². The lowest BCUT2D eigenvalue weighted by Gasteiger charge is -2.25. The van der Waals surface area contributed by atoms with Crippen molar-refractivity contribution in [2.45, 2.75) is 19.9 Å². The van der Waals surface area contributed by atoms with Crippen LogP contribution in [0.2, 0.25) is 5.02 Å². The highest BCUT2D eigenvalue weighted by Crippen LogP contribution is 2.24. The van der Waals surface area contributed by atoms with E-state index in [1.54, 1.807) is 0 Å². The number of hydrogen-bond acceptors (Lipinski definition) is 3. The number of aliphatic hydroxyl groups excluding tert-OH is 1. The molecule has 2 N–H and O–H groups in total. The second kappa shape index (κ2) is 7.54. The molecule has 17 heavy (non-hydrogen) atoms. The van der Waals surface area contributed by atoms with Crippen LogP contribution in [0.5, 0.6) is 0 Å². The molecule has 0 aliphatic carbocycles. The van der Waals surface area contributed by atoms with Crippen LogP contribution in [-0.2, 0) is 6.54 Å².